The maximum atomic E-state index is 4.73. The summed E-state index contributed by atoms with van der Waals surface area (Å²) in [6, 6.07) is 15.2. The van der Waals surface area contributed by atoms with Gasteiger partial charge in [0, 0.05) is 5.39 Å². The molecule has 0 saturated carbocycles. The lowest BCUT2D eigenvalue weighted by atomic mass is 10.1. The van der Waals surface area contributed by atoms with Gasteiger partial charge in [0.2, 0.25) is 0 Å². The summed E-state index contributed by atoms with van der Waals surface area (Å²) in [7, 11) is 0. The molecule has 2 heterocycles. The van der Waals surface area contributed by atoms with E-state index in [1.54, 1.807) is 0 Å². The summed E-state index contributed by atoms with van der Waals surface area (Å²) >= 11 is 0. The first-order chi connectivity index (χ1) is 9.63. The molecule has 2 heteroatoms. The molecule has 4 aromatic rings. The Labute approximate surface area is 117 Å². The molecule has 0 radical (unpaired) electrons. The molecular weight excluding hydrogens is 244 g/mol. The van der Waals surface area contributed by atoms with E-state index in [1.165, 1.54) is 33.1 Å². The van der Waals surface area contributed by atoms with Crippen molar-refractivity contribution in [2.45, 2.75) is 20.8 Å². The van der Waals surface area contributed by atoms with Crippen LogP contribution in [0.4, 0.5) is 0 Å². The Kier molecular flexibility index (Phi) is 2.19. The van der Waals surface area contributed by atoms with E-state index in [0.29, 0.717) is 0 Å². The molecule has 98 valence electrons. The second-order valence-corrected chi connectivity index (χ2v) is 5.65. The van der Waals surface area contributed by atoms with Gasteiger partial charge in [-0.05, 0) is 67.8 Å². The van der Waals surface area contributed by atoms with Gasteiger partial charge in [0.1, 0.15) is 5.65 Å². The highest BCUT2D eigenvalue weighted by molar-refractivity contribution is 5.92. The van der Waals surface area contributed by atoms with Crippen LogP contribution < -0.4 is 0 Å². The average Bonchev–Trinajstić information content (AvgIpc) is 2.76. The Morgan fingerprint density at radius 2 is 1.60 bits per heavy atom. The van der Waals surface area contributed by atoms with Gasteiger partial charge in [-0.15, -0.1) is 0 Å². The van der Waals surface area contributed by atoms with Crippen molar-refractivity contribution in [3.63, 3.8) is 0 Å². The van der Waals surface area contributed by atoms with Crippen LogP contribution in [0.15, 0.2) is 42.5 Å². The van der Waals surface area contributed by atoms with Crippen molar-refractivity contribution in [1.82, 2.24) is 9.38 Å². The Balaban J connectivity index is 2.33. The van der Waals surface area contributed by atoms with Crippen LogP contribution in [-0.4, -0.2) is 9.38 Å². The molecule has 0 bridgehead atoms. The summed E-state index contributed by atoms with van der Waals surface area (Å²) in [5.41, 5.74) is 8.38. The summed E-state index contributed by atoms with van der Waals surface area (Å²) in [6.45, 7) is 6.45. The Hall–Kier alpha value is -2.35. The van der Waals surface area contributed by atoms with Crippen molar-refractivity contribution in [3.05, 3.63) is 59.2 Å². The number of hydrogen-bond acceptors (Lipinski definition) is 1. The molecule has 0 amide bonds. The molecule has 2 nitrogen and oxygen atoms in total. The molecule has 0 aliphatic rings. The minimum absolute atomic E-state index is 1.02. The van der Waals surface area contributed by atoms with Gasteiger partial charge in [0.15, 0.2) is 0 Å². The van der Waals surface area contributed by atoms with Crippen molar-refractivity contribution in [1.29, 1.82) is 0 Å². The largest absolute Gasteiger partial charge is 0.292 e. The maximum Gasteiger partial charge on any atom is 0.138 e. The van der Waals surface area contributed by atoms with Crippen molar-refractivity contribution in [3.8, 4) is 0 Å². The fourth-order valence-electron chi connectivity index (χ4n) is 3.08. The monoisotopic (exact) mass is 260 g/mol. The highest BCUT2D eigenvalue weighted by atomic mass is 15.0. The number of pyridine rings is 1. The first kappa shape index (κ1) is 11.5. The number of rotatable bonds is 0. The maximum absolute atomic E-state index is 4.73. The smallest absolute Gasteiger partial charge is 0.138 e. The lowest BCUT2D eigenvalue weighted by Crippen LogP contribution is -1.91. The van der Waals surface area contributed by atoms with E-state index in [4.69, 9.17) is 4.98 Å². The summed E-state index contributed by atoms with van der Waals surface area (Å²) in [5.74, 6) is 0. The van der Waals surface area contributed by atoms with E-state index in [9.17, 15) is 0 Å². The molecule has 0 spiro atoms. The topological polar surface area (TPSA) is 17.3 Å². The van der Waals surface area contributed by atoms with Gasteiger partial charge in [-0.25, -0.2) is 4.98 Å². The molecule has 0 saturated heterocycles. The Morgan fingerprint density at radius 1 is 0.800 bits per heavy atom. The van der Waals surface area contributed by atoms with Crippen LogP contribution in [0, 0.1) is 20.8 Å². The molecular formula is C18H16N2. The van der Waals surface area contributed by atoms with Crippen LogP contribution in [0.25, 0.3) is 27.6 Å². The van der Waals surface area contributed by atoms with E-state index in [2.05, 4.69) is 67.6 Å². The fourth-order valence-corrected chi connectivity index (χ4v) is 3.08. The summed E-state index contributed by atoms with van der Waals surface area (Å²) in [6.07, 6.45) is 0. The SMILES string of the molecule is Cc1ccc2nc3ccc4c(C)cc(C)cc4n3c2c1. The molecule has 0 aliphatic carbocycles. The van der Waals surface area contributed by atoms with Crippen molar-refractivity contribution in [2.24, 2.45) is 0 Å². The van der Waals surface area contributed by atoms with Crippen LogP contribution in [0.1, 0.15) is 16.7 Å². The zero-order chi connectivity index (χ0) is 13.9. The summed E-state index contributed by atoms with van der Waals surface area (Å²) in [5, 5.41) is 1.30. The minimum atomic E-state index is 1.02. The summed E-state index contributed by atoms with van der Waals surface area (Å²) < 4.78 is 2.28. The predicted molar refractivity (Wildman–Crippen MR) is 84.4 cm³/mol. The van der Waals surface area contributed by atoms with Crippen LogP contribution in [0.2, 0.25) is 0 Å². The molecule has 0 fully saturated rings. The number of aromatic nitrogens is 2. The lowest BCUT2D eigenvalue weighted by molar-refractivity contribution is 1.27. The highest BCUT2D eigenvalue weighted by Crippen LogP contribution is 2.26. The van der Waals surface area contributed by atoms with Gasteiger partial charge in [0.25, 0.3) is 0 Å². The van der Waals surface area contributed by atoms with Gasteiger partial charge in [-0.3, -0.25) is 4.40 Å². The number of nitrogens with zero attached hydrogens (tertiary/aromatic N) is 2. The third-order valence-electron chi connectivity index (χ3n) is 3.99. The van der Waals surface area contributed by atoms with Crippen LogP contribution in [0.5, 0.6) is 0 Å². The lowest BCUT2D eigenvalue weighted by Gasteiger charge is -2.08. The molecule has 0 aliphatic heterocycles. The van der Waals surface area contributed by atoms with Gasteiger partial charge >= 0.3 is 0 Å². The zero-order valence-electron chi connectivity index (χ0n) is 11.9. The molecule has 2 aromatic carbocycles. The standard InChI is InChI=1S/C18H16N2/c1-11-4-6-15-17(9-11)20-16-10-12(2)8-13(3)14(16)5-7-18(20)19-15/h4-10H,1-3H3. The molecule has 2 aromatic heterocycles. The quantitative estimate of drug-likeness (QED) is 0.453. The first-order valence-electron chi connectivity index (χ1n) is 6.92. The van der Waals surface area contributed by atoms with Gasteiger partial charge in [-0.2, -0.15) is 0 Å². The van der Waals surface area contributed by atoms with E-state index >= 15 is 0 Å². The second-order valence-electron chi connectivity index (χ2n) is 5.65. The zero-order valence-corrected chi connectivity index (χ0v) is 11.9. The normalized spacial score (nSPS) is 11.8. The molecule has 0 atom stereocenters. The second kappa shape index (κ2) is 3.83. The number of aryl methyl sites for hydroxylation is 3. The van der Waals surface area contributed by atoms with Gasteiger partial charge in [-0.1, -0.05) is 12.1 Å². The van der Waals surface area contributed by atoms with Crippen LogP contribution in [-0.2, 0) is 0 Å². The van der Waals surface area contributed by atoms with Gasteiger partial charge < -0.3 is 0 Å². The highest BCUT2D eigenvalue weighted by Gasteiger charge is 2.09. The van der Waals surface area contributed by atoms with Crippen molar-refractivity contribution >= 4 is 27.6 Å². The minimum Gasteiger partial charge on any atom is -0.292 e. The predicted octanol–water partition coefficient (Wildman–Crippen LogP) is 4.57. The van der Waals surface area contributed by atoms with E-state index < -0.39 is 0 Å². The van der Waals surface area contributed by atoms with E-state index in [0.717, 1.165) is 11.2 Å². The molecule has 0 unspecified atom stereocenters. The van der Waals surface area contributed by atoms with Crippen LogP contribution >= 0.6 is 0 Å². The van der Waals surface area contributed by atoms with E-state index in [1.807, 2.05) is 0 Å². The Bertz CT molecular complexity index is 977. The first-order valence-corrected chi connectivity index (χ1v) is 6.92. The third-order valence-corrected chi connectivity index (χ3v) is 3.99. The number of imidazole rings is 1. The van der Waals surface area contributed by atoms with Gasteiger partial charge in [0.05, 0.1) is 16.6 Å². The Morgan fingerprint density at radius 3 is 2.45 bits per heavy atom. The van der Waals surface area contributed by atoms with E-state index in [-0.39, 0.29) is 0 Å². The summed E-state index contributed by atoms with van der Waals surface area (Å²) in [4.78, 5) is 4.73. The third kappa shape index (κ3) is 1.48. The van der Waals surface area contributed by atoms with Crippen LogP contribution in [0.3, 0.4) is 0 Å². The number of fused-ring (bicyclic) bond motifs is 5. The van der Waals surface area contributed by atoms with Crippen molar-refractivity contribution < 1.29 is 0 Å². The average molecular weight is 260 g/mol. The number of benzene rings is 2. The molecule has 0 N–H and O–H groups in total. The van der Waals surface area contributed by atoms with Crippen molar-refractivity contribution in [2.75, 3.05) is 0 Å². The number of hydrogen-bond donors (Lipinski definition) is 0. The fraction of sp³-hybridized carbons (Fsp3) is 0.167. The molecule has 20 heavy (non-hydrogen) atoms. The molecule has 4 rings (SSSR count).